The quantitative estimate of drug-likeness (QED) is 0.651. The Balaban J connectivity index is 2.48. The number of carboxylic acids is 1. The lowest BCUT2D eigenvalue weighted by atomic mass is 10.0. The molecule has 0 aliphatic heterocycles. The molecule has 6 heteroatoms. The van der Waals surface area contributed by atoms with Gasteiger partial charge in [-0.15, -0.1) is 11.3 Å². The maximum absolute atomic E-state index is 11.9. The molecule has 0 bridgehead atoms. The third kappa shape index (κ3) is 6.16. The first kappa shape index (κ1) is 16.7. The smallest absolute Gasteiger partial charge is 0.305 e. The number of carbonyl (C=O) groups excluding carboxylic acids is 1. The standard InChI is InChI=1S/C14H22N2O3S/c1-10(6-7-15)4-5-13(17)16-11(9-14(18)19)12-3-2-8-20-12/h2-3,8,10-11H,4-7,9,15H2,1H3,(H,16,17)(H,18,19). The van der Waals surface area contributed by atoms with Crippen molar-refractivity contribution in [3.8, 4) is 0 Å². The van der Waals surface area contributed by atoms with Crippen LogP contribution in [0, 0.1) is 5.92 Å². The molecule has 0 fully saturated rings. The van der Waals surface area contributed by atoms with Gasteiger partial charge in [-0.1, -0.05) is 13.0 Å². The van der Waals surface area contributed by atoms with Crippen LogP contribution in [0.2, 0.25) is 0 Å². The molecule has 0 radical (unpaired) electrons. The van der Waals surface area contributed by atoms with E-state index in [9.17, 15) is 9.59 Å². The van der Waals surface area contributed by atoms with Crippen molar-refractivity contribution in [2.45, 2.75) is 38.6 Å². The van der Waals surface area contributed by atoms with Crippen LogP contribution in [-0.4, -0.2) is 23.5 Å². The third-order valence-corrected chi connectivity index (χ3v) is 4.11. The Bertz CT molecular complexity index is 420. The summed E-state index contributed by atoms with van der Waals surface area (Å²) in [6, 6.07) is 3.25. The predicted molar refractivity (Wildman–Crippen MR) is 79.5 cm³/mol. The van der Waals surface area contributed by atoms with E-state index in [4.69, 9.17) is 10.8 Å². The van der Waals surface area contributed by atoms with Gasteiger partial charge in [0.25, 0.3) is 0 Å². The van der Waals surface area contributed by atoms with E-state index in [1.807, 2.05) is 17.5 Å². The van der Waals surface area contributed by atoms with Crippen molar-refractivity contribution in [1.29, 1.82) is 0 Å². The van der Waals surface area contributed by atoms with Gasteiger partial charge in [0, 0.05) is 11.3 Å². The van der Waals surface area contributed by atoms with Crippen LogP contribution < -0.4 is 11.1 Å². The number of carbonyl (C=O) groups is 2. The van der Waals surface area contributed by atoms with Crippen LogP contribution in [0.1, 0.15) is 43.5 Å². The van der Waals surface area contributed by atoms with Crippen molar-refractivity contribution in [2.75, 3.05) is 6.54 Å². The topological polar surface area (TPSA) is 92.4 Å². The number of hydrogen-bond acceptors (Lipinski definition) is 4. The molecule has 112 valence electrons. The summed E-state index contributed by atoms with van der Waals surface area (Å²) in [5.74, 6) is -0.612. The molecular weight excluding hydrogens is 276 g/mol. The Morgan fingerprint density at radius 1 is 1.45 bits per heavy atom. The molecule has 1 heterocycles. The molecule has 1 rings (SSSR count). The fourth-order valence-corrected chi connectivity index (χ4v) is 2.74. The highest BCUT2D eigenvalue weighted by Crippen LogP contribution is 2.22. The van der Waals surface area contributed by atoms with Gasteiger partial charge in [0.05, 0.1) is 12.5 Å². The van der Waals surface area contributed by atoms with Crippen LogP contribution in [0.3, 0.4) is 0 Å². The van der Waals surface area contributed by atoms with Crippen LogP contribution in [-0.2, 0) is 9.59 Å². The maximum Gasteiger partial charge on any atom is 0.305 e. The molecule has 4 N–H and O–H groups in total. The summed E-state index contributed by atoms with van der Waals surface area (Å²) in [4.78, 5) is 23.7. The molecule has 5 nitrogen and oxygen atoms in total. The zero-order chi connectivity index (χ0) is 15.0. The average molecular weight is 298 g/mol. The minimum Gasteiger partial charge on any atom is -0.481 e. The number of hydrogen-bond donors (Lipinski definition) is 3. The van der Waals surface area contributed by atoms with E-state index in [1.54, 1.807) is 0 Å². The molecule has 1 aromatic rings. The average Bonchev–Trinajstić information content (AvgIpc) is 2.89. The largest absolute Gasteiger partial charge is 0.481 e. The van der Waals surface area contributed by atoms with Crippen molar-refractivity contribution in [2.24, 2.45) is 11.7 Å². The summed E-state index contributed by atoms with van der Waals surface area (Å²) >= 11 is 1.45. The lowest BCUT2D eigenvalue weighted by molar-refractivity contribution is -0.137. The molecule has 0 aromatic carbocycles. The molecule has 0 saturated carbocycles. The van der Waals surface area contributed by atoms with Gasteiger partial charge in [-0.3, -0.25) is 9.59 Å². The van der Waals surface area contributed by atoms with E-state index in [-0.39, 0.29) is 12.3 Å². The van der Waals surface area contributed by atoms with Gasteiger partial charge in [0.1, 0.15) is 0 Å². The van der Waals surface area contributed by atoms with Crippen LogP contribution in [0.5, 0.6) is 0 Å². The number of nitrogens with one attached hydrogen (secondary N) is 1. The van der Waals surface area contributed by atoms with Crippen molar-refractivity contribution in [3.05, 3.63) is 22.4 Å². The lowest BCUT2D eigenvalue weighted by Crippen LogP contribution is -2.29. The first-order valence-electron chi connectivity index (χ1n) is 6.77. The first-order valence-corrected chi connectivity index (χ1v) is 7.65. The number of aliphatic carboxylic acids is 1. The summed E-state index contributed by atoms with van der Waals surface area (Å²) in [5.41, 5.74) is 5.47. The molecule has 2 unspecified atom stereocenters. The van der Waals surface area contributed by atoms with Gasteiger partial charge in [-0.05, 0) is 36.8 Å². The summed E-state index contributed by atoms with van der Waals surface area (Å²) in [6.45, 7) is 2.69. The van der Waals surface area contributed by atoms with Crippen LogP contribution in [0.25, 0.3) is 0 Å². The summed E-state index contributed by atoms with van der Waals surface area (Å²) in [6.07, 6.45) is 1.98. The fourth-order valence-electron chi connectivity index (χ4n) is 1.96. The zero-order valence-corrected chi connectivity index (χ0v) is 12.5. The van der Waals surface area contributed by atoms with Crippen molar-refractivity contribution in [3.63, 3.8) is 0 Å². The SMILES string of the molecule is CC(CCN)CCC(=O)NC(CC(=O)O)c1cccs1. The number of amides is 1. The Kier molecular flexibility index (Phi) is 7.25. The zero-order valence-electron chi connectivity index (χ0n) is 11.7. The van der Waals surface area contributed by atoms with Crippen LogP contribution >= 0.6 is 11.3 Å². The van der Waals surface area contributed by atoms with Crippen molar-refractivity contribution in [1.82, 2.24) is 5.32 Å². The molecule has 0 saturated heterocycles. The van der Waals surface area contributed by atoms with Gasteiger partial charge in [-0.2, -0.15) is 0 Å². The summed E-state index contributed by atoms with van der Waals surface area (Å²) in [5, 5.41) is 13.6. The van der Waals surface area contributed by atoms with E-state index < -0.39 is 12.0 Å². The Labute approximate surface area is 123 Å². The van der Waals surface area contributed by atoms with Gasteiger partial charge >= 0.3 is 5.97 Å². The number of carboxylic acid groups (broad SMARTS) is 1. The minimum atomic E-state index is -0.916. The monoisotopic (exact) mass is 298 g/mol. The molecular formula is C14H22N2O3S. The van der Waals surface area contributed by atoms with Gasteiger partial charge in [-0.25, -0.2) is 0 Å². The highest BCUT2D eigenvalue weighted by molar-refractivity contribution is 7.10. The lowest BCUT2D eigenvalue weighted by Gasteiger charge is -2.16. The number of thiophene rings is 1. The second kappa shape index (κ2) is 8.71. The van der Waals surface area contributed by atoms with Gasteiger partial charge in [0.2, 0.25) is 5.91 Å². The number of nitrogens with two attached hydrogens (primary N) is 1. The molecule has 1 amide bonds. The van der Waals surface area contributed by atoms with Crippen molar-refractivity contribution >= 4 is 23.2 Å². The molecule has 0 aliphatic rings. The summed E-state index contributed by atoms with van der Waals surface area (Å²) in [7, 11) is 0. The van der Waals surface area contributed by atoms with Gasteiger partial charge < -0.3 is 16.2 Å². The number of rotatable bonds is 9. The second-order valence-electron chi connectivity index (χ2n) is 4.95. The minimum absolute atomic E-state index is 0.0927. The fraction of sp³-hybridized carbons (Fsp3) is 0.571. The van der Waals surface area contributed by atoms with Crippen molar-refractivity contribution < 1.29 is 14.7 Å². The highest BCUT2D eigenvalue weighted by atomic mass is 32.1. The van der Waals surface area contributed by atoms with Gasteiger partial charge in [0.15, 0.2) is 0 Å². The third-order valence-electron chi connectivity index (χ3n) is 3.12. The molecule has 2 atom stereocenters. The van der Waals surface area contributed by atoms with Crippen LogP contribution in [0.15, 0.2) is 17.5 Å². The van der Waals surface area contributed by atoms with E-state index in [0.717, 1.165) is 17.7 Å². The highest BCUT2D eigenvalue weighted by Gasteiger charge is 2.19. The maximum atomic E-state index is 11.9. The van der Waals surface area contributed by atoms with E-state index in [0.29, 0.717) is 18.9 Å². The Morgan fingerprint density at radius 2 is 2.20 bits per heavy atom. The van der Waals surface area contributed by atoms with Crippen LogP contribution in [0.4, 0.5) is 0 Å². The van der Waals surface area contributed by atoms with E-state index >= 15 is 0 Å². The molecule has 1 aromatic heterocycles. The normalized spacial score (nSPS) is 13.7. The summed E-state index contributed by atoms with van der Waals surface area (Å²) < 4.78 is 0. The first-order chi connectivity index (χ1) is 9.52. The van der Waals surface area contributed by atoms with E-state index in [2.05, 4.69) is 12.2 Å². The molecule has 20 heavy (non-hydrogen) atoms. The van der Waals surface area contributed by atoms with E-state index in [1.165, 1.54) is 11.3 Å². The second-order valence-corrected chi connectivity index (χ2v) is 5.93. The Hall–Kier alpha value is -1.40. The Morgan fingerprint density at radius 3 is 2.75 bits per heavy atom. The molecule has 0 aliphatic carbocycles. The predicted octanol–water partition coefficient (Wildman–Crippen LogP) is 2.15. The molecule has 0 spiro atoms.